The number of benzene rings is 5. The van der Waals surface area contributed by atoms with Crippen LogP contribution in [-0.4, -0.2) is 24.1 Å². The summed E-state index contributed by atoms with van der Waals surface area (Å²) >= 11 is 0. The molecule has 0 saturated carbocycles. The molecule has 0 amide bonds. The largest absolute Gasteiger partial charge is 0.304 e. The van der Waals surface area contributed by atoms with E-state index in [0.717, 1.165) is 61.0 Å². The van der Waals surface area contributed by atoms with E-state index in [9.17, 15) is 0 Å². The van der Waals surface area contributed by atoms with E-state index in [-0.39, 0.29) is 0 Å². The van der Waals surface area contributed by atoms with Gasteiger partial charge >= 0.3 is 0 Å². The van der Waals surface area contributed by atoms with E-state index in [1.54, 1.807) is 0 Å². The van der Waals surface area contributed by atoms with Crippen LogP contribution < -0.4 is 0 Å². The van der Waals surface area contributed by atoms with Gasteiger partial charge in [0.25, 0.3) is 0 Å². The van der Waals surface area contributed by atoms with Gasteiger partial charge in [-0.15, -0.1) is 0 Å². The Morgan fingerprint density at radius 3 is 1.50 bits per heavy atom. The molecule has 4 heterocycles. The number of hydrogen-bond acceptors (Lipinski definition) is 3. The SMILES string of the molecule is c1ccc(-c2cc3c4ccccc4n(-c4cnc(-n5c6ccccc6c6ccccc65)nc4)c3c(-c3ccccc3)n2)cc1. The quantitative estimate of drug-likeness (QED) is 0.214. The fourth-order valence-corrected chi connectivity index (χ4v) is 6.49. The molecular formula is C39H25N5. The highest BCUT2D eigenvalue weighted by Crippen LogP contribution is 2.39. The van der Waals surface area contributed by atoms with Crippen LogP contribution in [0.1, 0.15) is 0 Å². The zero-order valence-electron chi connectivity index (χ0n) is 23.7. The van der Waals surface area contributed by atoms with E-state index < -0.39 is 0 Å². The highest BCUT2D eigenvalue weighted by atomic mass is 15.2. The molecule has 9 rings (SSSR count). The van der Waals surface area contributed by atoms with Crippen LogP contribution in [0.2, 0.25) is 0 Å². The van der Waals surface area contributed by atoms with Gasteiger partial charge in [-0.05, 0) is 24.3 Å². The van der Waals surface area contributed by atoms with Crippen LogP contribution in [0.25, 0.3) is 77.8 Å². The molecule has 5 aromatic carbocycles. The molecule has 44 heavy (non-hydrogen) atoms. The lowest BCUT2D eigenvalue weighted by Crippen LogP contribution is -2.04. The molecule has 0 radical (unpaired) electrons. The Morgan fingerprint density at radius 2 is 0.909 bits per heavy atom. The molecule has 4 aromatic heterocycles. The molecule has 0 bridgehead atoms. The van der Waals surface area contributed by atoms with Crippen molar-refractivity contribution < 1.29 is 0 Å². The second-order valence-electron chi connectivity index (χ2n) is 10.9. The summed E-state index contributed by atoms with van der Waals surface area (Å²) in [5.74, 6) is 0.639. The molecular weight excluding hydrogens is 538 g/mol. The van der Waals surface area contributed by atoms with E-state index in [1.165, 1.54) is 10.8 Å². The van der Waals surface area contributed by atoms with Gasteiger partial charge in [0, 0.05) is 32.7 Å². The Labute approximate surface area is 253 Å². The summed E-state index contributed by atoms with van der Waals surface area (Å²) in [6.45, 7) is 0. The van der Waals surface area contributed by atoms with Crippen molar-refractivity contribution in [2.75, 3.05) is 0 Å². The maximum Gasteiger partial charge on any atom is 0.234 e. The molecule has 0 spiro atoms. The minimum Gasteiger partial charge on any atom is -0.304 e. The maximum atomic E-state index is 5.28. The summed E-state index contributed by atoms with van der Waals surface area (Å²) in [5, 5.41) is 4.67. The second kappa shape index (κ2) is 9.75. The first-order chi connectivity index (χ1) is 21.8. The molecule has 0 fully saturated rings. The van der Waals surface area contributed by atoms with Crippen molar-refractivity contribution in [1.82, 2.24) is 24.1 Å². The summed E-state index contributed by atoms with van der Waals surface area (Å²) in [5.41, 5.74) is 9.17. The summed E-state index contributed by atoms with van der Waals surface area (Å²) in [7, 11) is 0. The lowest BCUT2D eigenvalue weighted by atomic mass is 10.0. The number of rotatable bonds is 4. The summed E-state index contributed by atoms with van der Waals surface area (Å²) < 4.78 is 4.40. The van der Waals surface area contributed by atoms with Gasteiger partial charge in [0.15, 0.2) is 0 Å². The van der Waals surface area contributed by atoms with Gasteiger partial charge in [0.1, 0.15) is 0 Å². The summed E-state index contributed by atoms with van der Waals surface area (Å²) in [4.78, 5) is 15.2. The van der Waals surface area contributed by atoms with E-state index >= 15 is 0 Å². The van der Waals surface area contributed by atoms with E-state index in [1.807, 2.05) is 24.5 Å². The van der Waals surface area contributed by atoms with Crippen molar-refractivity contribution in [1.29, 1.82) is 0 Å². The Morgan fingerprint density at radius 1 is 0.432 bits per heavy atom. The third-order valence-corrected chi connectivity index (χ3v) is 8.43. The standard InChI is InChI=1S/C39H25N5/c1-3-13-26(14-4-1)33-23-32-31-19-9-10-20-34(31)43(38(32)37(42-33)27-15-5-2-6-16-27)28-24-40-39(41-25-28)44-35-21-11-7-17-29(35)30-18-8-12-22-36(30)44/h1-25H. The zero-order chi connectivity index (χ0) is 29.0. The maximum absolute atomic E-state index is 5.28. The van der Waals surface area contributed by atoms with Gasteiger partial charge in [-0.25, -0.2) is 15.0 Å². The molecule has 0 aliphatic carbocycles. The first-order valence-corrected chi connectivity index (χ1v) is 14.7. The van der Waals surface area contributed by atoms with Gasteiger partial charge in [0.05, 0.1) is 51.5 Å². The fourth-order valence-electron chi connectivity index (χ4n) is 6.49. The second-order valence-corrected chi connectivity index (χ2v) is 10.9. The minimum absolute atomic E-state index is 0.639. The Balaban J connectivity index is 1.31. The highest BCUT2D eigenvalue weighted by molar-refractivity contribution is 6.14. The van der Waals surface area contributed by atoms with Gasteiger partial charge in [-0.3, -0.25) is 4.57 Å². The lowest BCUT2D eigenvalue weighted by Gasteiger charge is -2.13. The molecule has 206 valence electrons. The highest BCUT2D eigenvalue weighted by Gasteiger charge is 2.20. The Bertz CT molecular complexity index is 2420. The predicted octanol–water partition coefficient (Wildman–Crippen LogP) is 9.40. The summed E-state index contributed by atoms with van der Waals surface area (Å²) in [6, 6.07) is 48.4. The van der Waals surface area contributed by atoms with Crippen LogP contribution in [0, 0.1) is 0 Å². The van der Waals surface area contributed by atoms with E-state index in [0.29, 0.717) is 5.95 Å². The number of fused-ring (bicyclic) bond motifs is 6. The molecule has 0 aliphatic heterocycles. The first-order valence-electron chi connectivity index (χ1n) is 14.7. The smallest absolute Gasteiger partial charge is 0.234 e. The van der Waals surface area contributed by atoms with Crippen LogP contribution in [0.4, 0.5) is 0 Å². The number of pyridine rings is 1. The minimum atomic E-state index is 0.639. The van der Waals surface area contributed by atoms with Crippen LogP contribution in [0.15, 0.2) is 152 Å². The van der Waals surface area contributed by atoms with Crippen LogP contribution >= 0.6 is 0 Å². The van der Waals surface area contributed by atoms with Crippen molar-refractivity contribution in [3.8, 4) is 34.2 Å². The van der Waals surface area contributed by atoms with E-state index in [4.69, 9.17) is 15.0 Å². The molecule has 0 saturated heterocycles. The normalized spacial score (nSPS) is 11.6. The van der Waals surface area contributed by atoms with Crippen molar-refractivity contribution in [3.63, 3.8) is 0 Å². The van der Waals surface area contributed by atoms with Crippen molar-refractivity contribution >= 4 is 43.6 Å². The average Bonchev–Trinajstić information content (AvgIpc) is 3.62. The Hall–Kier alpha value is -6.07. The third-order valence-electron chi connectivity index (χ3n) is 8.43. The number of para-hydroxylation sites is 3. The molecule has 0 atom stereocenters. The number of hydrogen-bond donors (Lipinski definition) is 0. The van der Waals surface area contributed by atoms with Crippen LogP contribution in [-0.2, 0) is 0 Å². The van der Waals surface area contributed by atoms with Gasteiger partial charge in [0.2, 0.25) is 5.95 Å². The van der Waals surface area contributed by atoms with Crippen molar-refractivity contribution in [2.45, 2.75) is 0 Å². The summed E-state index contributed by atoms with van der Waals surface area (Å²) in [6.07, 6.45) is 3.86. The molecule has 0 N–H and O–H groups in total. The van der Waals surface area contributed by atoms with Crippen molar-refractivity contribution in [3.05, 3.63) is 152 Å². The number of nitrogens with zero attached hydrogens (tertiary/aromatic N) is 5. The van der Waals surface area contributed by atoms with Crippen molar-refractivity contribution in [2.24, 2.45) is 0 Å². The molecule has 0 unspecified atom stereocenters. The van der Waals surface area contributed by atoms with E-state index in [2.05, 4.69) is 137 Å². The molecule has 9 aromatic rings. The van der Waals surface area contributed by atoms with Gasteiger partial charge < -0.3 is 4.57 Å². The topological polar surface area (TPSA) is 48.5 Å². The molecule has 5 nitrogen and oxygen atoms in total. The van der Waals surface area contributed by atoms with Gasteiger partial charge in [-0.1, -0.05) is 115 Å². The van der Waals surface area contributed by atoms with Crippen LogP contribution in [0.3, 0.4) is 0 Å². The Kier molecular flexibility index (Phi) is 5.43. The zero-order valence-corrected chi connectivity index (χ0v) is 23.7. The average molecular weight is 564 g/mol. The fraction of sp³-hybridized carbons (Fsp3) is 0. The molecule has 0 aliphatic rings. The molecule has 5 heteroatoms. The third kappa shape index (κ3) is 3.69. The predicted molar refractivity (Wildman–Crippen MR) is 179 cm³/mol. The number of aromatic nitrogens is 5. The van der Waals surface area contributed by atoms with Gasteiger partial charge in [-0.2, -0.15) is 0 Å². The first kappa shape index (κ1) is 24.5. The lowest BCUT2D eigenvalue weighted by molar-refractivity contribution is 0.967. The van der Waals surface area contributed by atoms with Crippen LogP contribution in [0.5, 0.6) is 0 Å². The monoisotopic (exact) mass is 563 g/mol.